The van der Waals surface area contributed by atoms with Crippen molar-refractivity contribution in [3.63, 3.8) is 0 Å². The average molecular weight is 412 g/mol. The molecule has 0 saturated carbocycles. The molecule has 2 aromatic carbocycles. The minimum Gasteiger partial charge on any atom is -0.454 e. The lowest BCUT2D eigenvalue weighted by Crippen LogP contribution is -2.28. The van der Waals surface area contributed by atoms with E-state index in [0.29, 0.717) is 23.6 Å². The van der Waals surface area contributed by atoms with E-state index >= 15 is 0 Å². The number of furan rings is 1. The highest BCUT2D eigenvalue weighted by atomic mass is 16.7. The van der Waals surface area contributed by atoms with Crippen LogP contribution in [0.15, 0.2) is 71.3 Å². The number of fused-ring (bicyclic) bond motifs is 4. The molecule has 0 saturated heterocycles. The number of hydrogen-bond acceptors (Lipinski definition) is 5. The normalized spacial score (nSPS) is 16.5. The van der Waals surface area contributed by atoms with Crippen LogP contribution in [0.5, 0.6) is 11.5 Å². The highest BCUT2D eigenvalue weighted by Gasteiger charge is 2.32. The standard InChI is InChI=1S/C25H20N2O4/c1-15-18-13-26-22(23(28)17-9-10-20-21(12-17)30-14-29-20)19-8-5-11-27(19)25(18)31-24(15)16-6-3-2-4-7-16/h2-12,22,26H,13-14H2,1H3. The third kappa shape index (κ3) is 2.79. The first kappa shape index (κ1) is 18.0. The van der Waals surface area contributed by atoms with E-state index in [1.54, 1.807) is 18.2 Å². The molecule has 1 atom stereocenters. The van der Waals surface area contributed by atoms with Gasteiger partial charge in [-0.1, -0.05) is 30.3 Å². The van der Waals surface area contributed by atoms with E-state index in [9.17, 15) is 4.79 Å². The lowest BCUT2D eigenvalue weighted by Gasteiger charge is -2.16. The lowest BCUT2D eigenvalue weighted by atomic mass is 10.0. The molecule has 31 heavy (non-hydrogen) atoms. The summed E-state index contributed by atoms with van der Waals surface area (Å²) < 4.78 is 19.2. The van der Waals surface area contributed by atoms with E-state index in [1.807, 2.05) is 53.2 Å². The molecular formula is C25H20N2O4. The number of hydrogen-bond donors (Lipinski definition) is 1. The number of Topliss-reactive ketones (excluding diaryl/α,β-unsaturated/α-hetero) is 1. The first-order chi connectivity index (χ1) is 15.2. The maximum absolute atomic E-state index is 13.5. The molecule has 154 valence electrons. The molecule has 2 aromatic heterocycles. The van der Waals surface area contributed by atoms with E-state index in [2.05, 4.69) is 12.2 Å². The summed E-state index contributed by atoms with van der Waals surface area (Å²) in [5, 5.41) is 3.45. The summed E-state index contributed by atoms with van der Waals surface area (Å²) in [5.74, 6) is 2.85. The molecule has 0 bridgehead atoms. The van der Waals surface area contributed by atoms with Crippen molar-refractivity contribution >= 4 is 5.78 Å². The number of benzene rings is 2. The van der Waals surface area contributed by atoms with Crippen molar-refractivity contribution in [1.29, 1.82) is 0 Å². The first-order valence-electron chi connectivity index (χ1n) is 10.2. The van der Waals surface area contributed by atoms with Crippen LogP contribution in [0.3, 0.4) is 0 Å². The predicted octanol–water partition coefficient (Wildman–Crippen LogP) is 4.80. The summed E-state index contributed by atoms with van der Waals surface area (Å²) in [6.45, 7) is 2.77. The minimum atomic E-state index is -0.502. The molecule has 0 fully saturated rings. The van der Waals surface area contributed by atoms with Crippen molar-refractivity contribution < 1.29 is 18.7 Å². The Morgan fingerprint density at radius 3 is 2.74 bits per heavy atom. The zero-order valence-corrected chi connectivity index (χ0v) is 16.9. The van der Waals surface area contributed by atoms with Crippen LogP contribution in [-0.2, 0) is 6.54 Å². The Morgan fingerprint density at radius 2 is 1.87 bits per heavy atom. The second-order valence-electron chi connectivity index (χ2n) is 7.76. The van der Waals surface area contributed by atoms with Gasteiger partial charge in [-0.2, -0.15) is 0 Å². The summed E-state index contributed by atoms with van der Waals surface area (Å²) in [4.78, 5) is 13.5. The van der Waals surface area contributed by atoms with Crippen LogP contribution in [-0.4, -0.2) is 17.1 Å². The summed E-state index contributed by atoms with van der Waals surface area (Å²) in [5.41, 5.74) is 4.58. The van der Waals surface area contributed by atoms with Crippen molar-refractivity contribution in [3.8, 4) is 28.7 Å². The monoisotopic (exact) mass is 412 g/mol. The van der Waals surface area contributed by atoms with Gasteiger partial charge in [0.15, 0.2) is 17.3 Å². The Labute approximate surface area is 179 Å². The SMILES string of the molecule is Cc1c(-c2ccccc2)oc2c1CNC(C(=O)c1ccc3c(c1)OCO3)c1cccn1-2. The molecule has 1 unspecified atom stereocenters. The van der Waals surface area contributed by atoms with Crippen LogP contribution in [0, 0.1) is 6.92 Å². The molecule has 6 nitrogen and oxygen atoms in total. The van der Waals surface area contributed by atoms with Crippen molar-refractivity contribution in [2.75, 3.05) is 6.79 Å². The summed E-state index contributed by atoms with van der Waals surface area (Å²) in [6.07, 6.45) is 1.94. The van der Waals surface area contributed by atoms with Crippen molar-refractivity contribution in [1.82, 2.24) is 9.88 Å². The molecule has 6 heteroatoms. The molecule has 1 N–H and O–H groups in total. The number of nitrogens with zero attached hydrogens (tertiary/aromatic N) is 1. The summed E-state index contributed by atoms with van der Waals surface area (Å²) in [6, 6.07) is 18.8. The maximum atomic E-state index is 13.5. The van der Waals surface area contributed by atoms with Gasteiger partial charge < -0.3 is 13.9 Å². The highest BCUT2D eigenvalue weighted by molar-refractivity contribution is 6.01. The van der Waals surface area contributed by atoms with E-state index in [0.717, 1.165) is 34.0 Å². The summed E-state index contributed by atoms with van der Waals surface area (Å²) in [7, 11) is 0. The number of rotatable bonds is 3. The Balaban J connectivity index is 1.41. The Hall–Kier alpha value is -3.77. The molecule has 4 heterocycles. The number of carbonyl (C=O) groups is 1. The van der Waals surface area contributed by atoms with Crippen LogP contribution in [0.25, 0.3) is 17.2 Å². The fourth-order valence-corrected chi connectivity index (χ4v) is 4.37. The van der Waals surface area contributed by atoms with Gasteiger partial charge in [-0.15, -0.1) is 0 Å². The van der Waals surface area contributed by atoms with Crippen molar-refractivity contribution in [3.05, 3.63) is 89.2 Å². The Bertz CT molecular complexity index is 1300. The third-order valence-corrected chi connectivity index (χ3v) is 5.98. The number of aromatic nitrogens is 1. The molecule has 6 rings (SSSR count). The lowest BCUT2D eigenvalue weighted by molar-refractivity contribution is 0.0939. The van der Waals surface area contributed by atoms with Gasteiger partial charge in [0.2, 0.25) is 12.7 Å². The van der Waals surface area contributed by atoms with E-state index in [-0.39, 0.29) is 12.6 Å². The minimum absolute atomic E-state index is 0.0238. The molecular weight excluding hydrogens is 392 g/mol. The van der Waals surface area contributed by atoms with Gasteiger partial charge in [0, 0.05) is 35.0 Å². The largest absolute Gasteiger partial charge is 0.454 e. The third-order valence-electron chi connectivity index (χ3n) is 5.98. The first-order valence-corrected chi connectivity index (χ1v) is 10.2. The Kier molecular flexibility index (Phi) is 4.01. The molecule has 0 amide bonds. The van der Waals surface area contributed by atoms with Crippen LogP contribution >= 0.6 is 0 Å². The smallest absolute Gasteiger partial charge is 0.231 e. The second-order valence-corrected chi connectivity index (χ2v) is 7.76. The molecule has 2 aliphatic heterocycles. The number of carbonyl (C=O) groups excluding carboxylic acids is 1. The molecule has 0 radical (unpaired) electrons. The van der Waals surface area contributed by atoms with Crippen LogP contribution in [0.4, 0.5) is 0 Å². The van der Waals surface area contributed by atoms with Gasteiger partial charge in [-0.25, -0.2) is 0 Å². The fourth-order valence-electron chi connectivity index (χ4n) is 4.37. The summed E-state index contributed by atoms with van der Waals surface area (Å²) >= 11 is 0. The predicted molar refractivity (Wildman–Crippen MR) is 115 cm³/mol. The van der Waals surface area contributed by atoms with Crippen LogP contribution in [0.2, 0.25) is 0 Å². The highest BCUT2D eigenvalue weighted by Crippen LogP contribution is 2.38. The second kappa shape index (κ2) is 6.89. The van der Waals surface area contributed by atoms with E-state index in [4.69, 9.17) is 13.9 Å². The topological polar surface area (TPSA) is 65.6 Å². The maximum Gasteiger partial charge on any atom is 0.231 e. The number of ketones is 1. The molecule has 0 spiro atoms. The van der Waals surface area contributed by atoms with Crippen molar-refractivity contribution in [2.45, 2.75) is 19.5 Å². The van der Waals surface area contributed by atoms with Gasteiger partial charge in [0.1, 0.15) is 11.8 Å². The number of nitrogens with one attached hydrogen (secondary N) is 1. The Morgan fingerprint density at radius 1 is 1.03 bits per heavy atom. The van der Waals surface area contributed by atoms with Crippen molar-refractivity contribution in [2.24, 2.45) is 0 Å². The molecule has 4 aromatic rings. The van der Waals surface area contributed by atoms with Gasteiger partial charge >= 0.3 is 0 Å². The van der Waals surface area contributed by atoms with Gasteiger partial charge in [0.05, 0.1) is 5.69 Å². The van der Waals surface area contributed by atoms with E-state index < -0.39 is 6.04 Å². The average Bonchev–Trinajstić information content (AvgIpc) is 3.51. The van der Waals surface area contributed by atoms with Crippen LogP contribution in [0.1, 0.15) is 33.2 Å². The van der Waals surface area contributed by atoms with Gasteiger partial charge in [-0.3, -0.25) is 14.7 Å². The molecule has 0 aliphatic carbocycles. The molecule has 2 aliphatic rings. The van der Waals surface area contributed by atoms with Gasteiger partial charge in [0.25, 0.3) is 0 Å². The van der Waals surface area contributed by atoms with Gasteiger partial charge in [-0.05, 0) is 37.3 Å². The van der Waals surface area contributed by atoms with E-state index in [1.165, 1.54) is 0 Å². The van der Waals surface area contributed by atoms with Crippen LogP contribution < -0.4 is 14.8 Å². The fraction of sp³-hybridized carbons (Fsp3) is 0.160. The zero-order chi connectivity index (χ0) is 20.9. The quantitative estimate of drug-likeness (QED) is 0.490. The number of ether oxygens (including phenoxy) is 2. The zero-order valence-electron chi connectivity index (χ0n) is 16.9.